The zero-order valence-corrected chi connectivity index (χ0v) is 17.0. The van der Waals surface area contributed by atoms with Crippen LogP contribution in [0.15, 0.2) is 59.8 Å². The van der Waals surface area contributed by atoms with Crippen LogP contribution in [0.1, 0.15) is 37.3 Å². The minimum absolute atomic E-state index is 0.104. The maximum absolute atomic E-state index is 12.6. The molecule has 2 aromatic carbocycles. The summed E-state index contributed by atoms with van der Waals surface area (Å²) in [5.74, 6) is 0.165. The van der Waals surface area contributed by atoms with Gasteiger partial charge >= 0.3 is 0 Å². The average molecular weight is 380 g/mol. The van der Waals surface area contributed by atoms with E-state index >= 15 is 0 Å². The summed E-state index contributed by atoms with van der Waals surface area (Å²) in [6.45, 7) is 3.19. The lowest BCUT2D eigenvalue weighted by molar-refractivity contribution is -0.133. The normalized spacial score (nSPS) is 15.7. The van der Waals surface area contributed by atoms with Crippen LogP contribution in [0.4, 0.5) is 5.69 Å². The van der Waals surface area contributed by atoms with Crippen LogP contribution in [-0.2, 0) is 16.2 Å². The Balaban J connectivity index is 1.63. The van der Waals surface area contributed by atoms with E-state index in [0.29, 0.717) is 25.9 Å². The first kappa shape index (κ1) is 19.9. The molecule has 148 valence electrons. The van der Waals surface area contributed by atoms with E-state index in [1.54, 1.807) is 0 Å². The second kappa shape index (κ2) is 9.40. The van der Waals surface area contributed by atoms with Crippen molar-refractivity contribution in [3.63, 3.8) is 0 Å². The predicted molar refractivity (Wildman–Crippen MR) is 114 cm³/mol. The molecule has 1 aliphatic heterocycles. The van der Waals surface area contributed by atoms with Crippen LogP contribution in [0.3, 0.4) is 0 Å². The Kier molecular flexibility index (Phi) is 6.69. The van der Waals surface area contributed by atoms with Gasteiger partial charge in [-0.2, -0.15) is 0 Å². The van der Waals surface area contributed by atoms with E-state index in [0.717, 1.165) is 28.9 Å². The highest BCUT2D eigenvalue weighted by molar-refractivity contribution is 6.01. The molecule has 5 heteroatoms. The molecule has 2 aromatic rings. The lowest BCUT2D eigenvalue weighted by Crippen LogP contribution is -2.37. The summed E-state index contributed by atoms with van der Waals surface area (Å²) < 4.78 is 0. The van der Waals surface area contributed by atoms with Gasteiger partial charge in [-0.3, -0.25) is 4.79 Å². The molecule has 0 aliphatic carbocycles. The first-order valence-electron chi connectivity index (χ1n) is 9.89. The quantitative estimate of drug-likeness (QED) is 0.694. The van der Waals surface area contributed by atoms with E-state index < -0.39 is 0 Å². The second-order valence-corrected chi connectivity index (χ2v) is 7.42. The zero-order chi connectivity index (χ0) is 19.9. The fraction of sp³-hybridized carbons (Fsp3) is 0.391. The molecular weight excluding hydrogens is 350 g/mol. The van der Waals surface area contributed by atoms with E-state index in [2.05, 4.69) is 46.5 Å². The van der Waals surface area contributed by atoms with Crippen LogP contribution in [0.2, 0.25) is 0 Å². The largest absolute Gasteiger partial charge is 0.390 e. The number of oxime groups is 1. The molecule has 0 radical (unpaired) electrons. The molecule has 1 unspecified atom stereocenters. The molecule has 0 saturated carbocycles. The van der Waals surface area contributed by atoms with Crippen LogP contribution >= 0.6 is 0 Å². The molecule has 1 aliphatic rings. The molecule has 0 aromatic heterocycles. The molecule has 28 heavy (non-hydrogen) atoms. The number of hydrogen-bond acceptors (Lipinski definition) is 4. The average Bonchev–Trinajstić information content (AvgIpc) is 3.17. The van der Waals surface area contributed by atoms with Crippen molar-refractivity contribution in [3.8, 4) is 0 Å². The summed E-state index contributed by atoms with van der Waals surface area (Å²) >= 11 is 0. The summed E-state index contributed by atoms with van der Waals surface area (Å²) in [6, 6.07) is 18.4. The van der Waals surface area contributed by atoms with E-state index in [9.17, 15) is 4.79 Å². The van der Waals surface area contributed by atoms with Crippen molar-refractivity contribution >= 4 is 17.3 Å². The Bertz CT molecular complexity index is 800. The molecule has 0 fully saturated rings. The van der Waals surface area contributed by atoms with Gasteiger partial charge in [-0.25, -0.2) is 0 Å². The Hall–Kier alpha value is -2.82. The third-order valence-electron chi connectivity index (χ3n) is 4.91. The standard InChI is InChI=1S/C23H29N3O2/c1-4-8-23(27)26(16-18-9-6-5-7-10-18)17-21-15-22(24-28-21)19-11-13-20(14-12-19)25(2)3/h5-7,9-14,21H,4,8,15-17H2,1-3H3. The van der Waals surface area contributed by atoms with E-state index in [1.807, 2.05) is 44.1 Å². The Morgan fingerprint density at radius 3 is 2.46 bits per heavy atom. The molecule has 0 spiro atoms. The number of amides is 1. The fourth-order valence-corrected chi connectivity index (χ4v) is 3.32. The van der Waals surface area contributed by atoms with Gasteiger partial charge in [-0.15, -0.1) is 0 Å². The molecule has 0 bridgehead atoms. The summed E-state index contributed by atoms with van der Waals surface area (Å²) in [7, 11) is 4.05. The highest BCUT2D eigenvalue weighted by atomic mass is 16.6. The van der Waals surface area contributed by atoms with E-state index in [1.165, 1.54) is 0 Å². The van der Waals surface area contributed by atoms with Crippen molar-refractivity contribution in [3.05, 3.63) is 65.7 Å². The Morgan fingerprint density at radius 2 is 1.82 bits per heavy atom. The van der Waals surface area contributed by atoms with Gasteiger partial charge in [-0.1, -0.05) is 54.5 Å². The number of anilines is 1. The SMILES string of the molecule is CCCC(=O)N(Cc1ccccc1)CC1CC(c2ccc(N(C)C)cc2)=NO1. The number of carbonyl (C=O) groups excluding carboxylic acids is 1. The maximum atomic E-state index is 12.6. The number of benzene rings is 2. The van der Waals surface area contributed by atoms with Gasteiger partial charge < -0.3 is 14.6 Å². The lowest BCUT2D eigenvalue weighted by atomic mass is 10.0. The van der Waals surface area contributed by atoms with Gasteiger partial charge in [0.15, 0.2) is 6.10 Å². The van der Waals surface area contributed by atoms with Gasteiger partial charge in [0.1, 0.15) is 0 Å². The highest BCUT2D eigenvalue weighted by Gasteiger charge is 2.26. The van der Waals surface area contributed by atoms with Crippen LogP contribution in [-0.4, -0.2) is 43.3 Å². The minimum atomic E-state index is -0.104. The maximum Gasteiger partial charge on any atom is 0.222 e. The molecule has 1 atom stereocenters. The smallest absolute Gasteiger partial charge is 0.222 e. The fourth-order valence-electron chi connectivity index (χ4n) is 3.32. The van der Waals surface area contributed by atoms with Crippen molar-refractivity contribution in [2.24, 2.45) is 5.16 Å². The number of carbonyl (C=O) groups is 1. The third-order valence-corrected chi connectivity index (χ3v) is 4.91. The van der Waals surface area contributed by atoms with Crippen LogP contribution in [0.5, 0.6) is 0 Å². The van der Waals surface area contributed by atoms with Gasteiger partial charge in [0.2, 0.25) is 5.91 Å². The number of rotatable bonds is 8. The van der Waals surface area contributed by atoms with Crippen molar-refractivity contribution in [1.29, 1.82) is 0 Å². The minimum Gasteiger partial charge on any atom is -0.390 e. The summed E-state index contributed by atoms with van der Waals surface area (Å²) in [5.41, 5.74) is 4.30. The first-order valence-corrected chi connectivity index (χ1v) is 9.89. The first-order chi connectivity index (χ1) is 13.6. The van der Waals surface area contributed by atoms with E-state index in [-0.39, 0.29) is 12.0 Å². The predicted octanol–water partition coefficient (Wildman–Crippen LogP) is 4.07. The van der Waals surface area contributed by atoms with Crippen molar-refractivity contribution < 1.29 is 9.63 Å². The summed E-state index contributed by atoms with van der Waals surface area (Å²) in [4.78, 5) is 22.3. The van der Waals surface area contributed by atoms with Crippen molar-refractivity contribution in [2.45, 2.75) is 38.8 Å². The highest BCUT2D eigenvalue weighted by Crippen LogP contribution is 2.21. The van der Waals surface area contributed by atoms with Crippen LogP contribution in [0, 0.1) is 0 Å². The molecule has 1 amide bonds. The third kappa shape index (κ3) is 5.12. The molecular formula is C23H29N3O2. The Morgan fingerprint density at radius 1 is 1.11 bits per heavy atom. The van der Waals surface area contributed by atoms with E-state index in [4.69, 9.17) is 4.84 Å². The van der Waals surface area contributed by atoms with Gasteiger partial charge in [0, 0.05) is 39.2 Å². The molecule has 0 N–H and O–H groups in total. The lowest BCUT2D eigenvalue weighted by Gasteiger charge is -2.25. The van der Waals surface area contributed by atoms with Gasteiger partial charge in [-0.05, 0) is 29.7 Å². The van der Waals surface area contributed by atoms with Gasteiger partial charge in [0.25, 0.3) is 0 Å². The van der Waals surface area contributed by atoms with Crippen molar-refractivity contribution in [2.75, 3.05) is 25.5 Å². The molecule has 1 heterocycles. The molecule has 5 nitrogen and oxygen atoms in total. The summed E-state index contributed by atoms with van der Waals surface area (Å²) in [6.07, 6.45) is 2.01. The zero-order valence-electron chi connectivity index (χ0n) is 17.0. The van der Waals surface area contributed by atoms with Crippen LogP contribution < -0.4 is 4.90 Å². The van der Waals surface area contributed by atoms with Crippen molar-refractivity contribution in [1.82, 2.24) is 4.90 Å². The number of nitrogens with zero attached hydrogens (tertiary/aromatic N) is 3. The second-order valence-electron chi connectivity index (χ2n) is 7.42. The molecule has 0 saturated heterocycles. The molecule has 3 rings (SSSR count). The number of hydrogen-bond donors (Lipinski definition) is 0. The van der Waals surface area contributed by atoms with Crippen LogP contribution in [0.25, 0.3) is 0 Å². The topological polar surface area (TPSA) is 45.1 Å². The Labute approximate surface area is 167 Å². The monoisotopic (exact) mass is 379 g/mol. The van der Waals surface area contributed by atoms with Gasteiger partial charge in [0.05, 0.1) is 12.3 Å². The summed E-state index contributed by atoms with van der Waals surface area (Å²) in [5, 5.41) is 4.29.